The zero-order valence-electron chi connectivity index (χ0n) is 32.4. The van der Waals surface area contributed by atoms with Crippen LogP contribution in [-0.2, 0) is 0 Å². The largest absolute Gasteiger partial charge is 0.454 e. The van der Waals surface area contributed by atoms with Gasteiger partial charge in [0.2, 0.25) is 0 Å². The minimum Gasteiger partial charge on any atom is -0.454 e. The Morgan fingerprint density at radius 3 is 1.83 bits per heavy atom. The van der Waals surface area contributed by atoms with E-state index in [1.807, 2.05) is 24.3 Å². The van der Waals surface area contributed by atoms with Gasteiger partial charge in [-0.25, -0.2) is 0 Å². The van der Waals surface area contributed by atoms with E-state index in [0.717, 1.165) is 117 Å². The van der Waals surface area contributed by atoms with Crippen molar-refractivity contribution < 1.29 is 13.6 Å². The molecule has 0 radical (unpaired) electrons. The predicted octanol–water partition coefficient (Wildman–Crippen LogP) is 16.0. The quantitative estimate of drug-likeness (QED) is 0.175. The third-order valence-electron chi connectivity index (χ3n) is 11.9. The lowest BCUT2D eigenvalue weighted by atomic mass is 9.95. The molecule has 3 heterocycles. The highest BCUT2D eigenvalue weighted by Gasteiger charge is 2.35. The van der Waals surface area contributed by atoms with Gasteiger partial charge in [-0.2, -0.15) is 0 Å². The van der Waals surface area contributed by atoms with Crippen LogP contribution in [0.15, 0.2) is 191 Å². The second-order valence-corrected chi connectivity index (χ2v) is 15.3. The Kier molecular flexibility index (Phi) is 7.29. The van der Waals surface area contributed by atoms with Crippen molar-refractivity contribution in [3.05, 3.63) is 193 Å². The van der Waals surface area contributed by atoms with Crippen molar-refractivity contribution in [3.63, 3.8) is 0 Å². The SMILES string of the molecule is Cc1ccccc1-c1cccc2c1Oc1ccccc1N2c1c2ccccc2c(N(c2ccccc2C)c2cccc3c2oc2ccccc23)c2c1oc1ccccc12. The lowest BCUT2D eigenvalue weighted by Gasteiger charge is -2.35. The molecule has 0 N–H and O–H groups in total. The van der Waals surface area contributed by atoms with Crippen LogP contribution in [0, 0.1) is 13.8 Å². The number of rotatable bonds is 5. The Labute approximate surface area is 340 Å². The number of para-hydroxylation sites is 7. The Morgan fingerprint density at radius 1 is 0.424 bits per heavy atom. The van der Waals surface area contributed by atoms with Gasteiger partial charge in [-0.1, -0.05) is 140 Å². The topological polar surface area (TPSA) is 42.0 Å². The molecular weight excluding hydrogens is 725 g/mol. The van der Waals surface area contributed by atoms with E-state index >= 15 is 0 Å². The average molecular weight is 761 g/mol. The third kappa shape index (κ3) is 4.91. The van der Waals surface area contributed by atoms with E-state index in [2.05, 4.69) is 181 Å². The number of fused-ring (bicyclic) bond motifs is 9. The molecule has 280 valence electrons. The number of nitrogens with zero attached hydrogens (tertiary/aromatic N) is 2. The van der Waals surface area contributed by atoms with Crippen LogP contribution < -0.4 is 14.5 Å². The normalized spacial score (nSPS) is 12.3. The van der Waals surface area contributed by atoms with Crippen LogP contribution in [0.4, 0.5) is 34.1 Å². The summed E-state index contributed by atoms with van der Waals surface area (Å²) in [6, 6.07) is 63.7. The van der Waals surface area contributed by atoms with E-state index in [1.165, 1.54) is 5.56 Å². The molecule has 11 aromatic rings. The fourth-order valence-electron chi connectivity index (χ4n) is 9.25. The number of hydrogen-bond donors (Lipinski definition) is 0. The standard InChI is InChI=1S/C54H36N2O3/c1-33-17-3-5-19-35(33)39-24-15-29-45-52(39)59-48-32-14-11-27-43(48)56(45)51-38-22-7-6-21-37(38)50(49-41-23-9-13-31-47(41)58-54(49)51)55(42-26-10-4-18-34(42)2)44-28-16-25-40-36-20-8-12-30-46(36)57-53(40)44/h3-32H,1-2H3. The highest BCUT2D eigenvalue weighted by Crippen LogP contribution is 2.59. The van der Waals surface area contributed by atoms with Crippen LogP contribution in [0.1, 0.15) is 11.1 Å². The van der Waals surface area contributed by atoms with E-state index in [-0.39, 0.29) is 0 Å². The fraction of sp³-hybridized carbons (Fsp3) is 0.0370. The summed E-state index contributed by atoms with van der Waals surface area (Å²) in [5.74, 6) is 1.58. The van der Waals surface area contributed by atoms with Crippen LogP contribution in [-0.4, -0.2) is 0 Å². The second-order valence-electron chi connectivity index (χ2n) is 15.3. The molecule has 0 bridgehead atoms. The number of benzene rings is 9. The van der Waals surface area contributed by atoms with Crippen molar-refractivity contribution in [3.8, 4) is 22.6 Å². The summed E-state index contributed by atoms with van der Waals surface area (Å²) in [6.07, 6.45) is 0. The van der Waals surface area contributed by atoms with Crippen molar-refractivity contribution in [1.29, 1.82) is 0 Å². The fourth-order valence-corrected chi connectivity index (χ4v) is 9.25. The maximum atomic E-state index is 7.20. The molecule has 0 unspecified atom stereocenters. The van der Waals surface area contributed by atoms with Crippen molar-refractivity contribution in [1.82, 2.24) is 0 Å². The molecular formula is C54H36N2O3. The van der Waals surface area contributed by atoms with E-state index in [9.17, 15) is 0 Å². The number of hydrogen-bond acceptors (Lipinski definition) is 5. The van der Waals surface area contributed by atoms with Gasteiger partial charge in [0.15, 0.2) is 22.7 Å². The van der Waals surface area contributed by atoms with Crippen molar-refractivity contribution in [2.75, 3.05) is 9.80 Å². The van der Waals surface area contributed by atoms with Crippen LogP contribution >= 0.6 is 0 Å². The summed E-state index contributed by atoms with van der Waals surface area (Å²) in [4.78, 5) is 4.75. The highest BCUT2D eigenvalue weighted by molar-refractivity contribution is 6.29. The molecule has 0 fully saturated rings. The maximum absolute atomic E-state index is 7.20. The molecule has 1 aliphatic heterocycles. The summed E-state index contributed by atoms with van der Waals surface area (Å²) in [7, 11) is 0. The summed E-state index contributed by atoms with van der Waals surface area (Å²) >= 11 is 0. The molecule has 5 heteroatoms. The number of aryl methyl sites for hydroxylation is 2. The maximum Gasteiger partial charge on any atom is 0.162 e. The van der Waals surface area contributed by atoms with Gasteiger partial charge in [0.25, 0.3) is 0 Å². The smallest absolute Gasteiger partial charge is 0.162 e. The molecule has 0 spiro atoms. The van der Waals surface area contributed by atoms with Gasteiger partial charge < -0.3 is 18.5 Å². The minimum atomic E-state index is 0.775. The summed E-state index contributed by atoms with van der Waals surface area (Å²) in [6.45, 7) is 4.33. The minimum absolute atomic E-state index is 0.775. The van der Waals surface area contributed by atoms with E-state index in [1.54, 1.807) is 0 Å². The van der Waals surface area contributed by atoms with Gasteiger partial charge in [0, 0.05) is 38.2 Å². The molecule has 0 atom stereocenters. The van der Waals surface area contributed by atoms with E-state index in [0.29, 0.717) is 0 Å². The molecule has 1 aliphatic rings. The Morgan fingerprint density at radius 2 is 1.00 bits per heavy atom. The molecule has 12 rings (SSSR count). The predicted molar refractivity (Wildman–Crippen MR) is 243 cm³/mol. The lowest BCUT2D eigenvalue weighted by molar-refractivity contribution is 0.478. The first kappa shape index (κ1) is 33.4. The molecule has 5 nitrogen and oxygen atoms in total. The molecule has 9 aromatic carbocycles. The van der Waals surface area contributed by atoms with Gasteiger partial charge in [-0.3, -0.25) is 4.90 Å². The van der Waals surface area contributed by atoms with Gasteiger partial charge >= 0.3 is 0 Å². The molecule has 0 saturated carbocycles. The van der Waals surface area contributed by atoms with E-state index < -0.39 is 0 Å². The summed E-state index contributed by atoms with van der Waals surface area (Å²) in [5.41, 5.74) is 13.6. The van der Waals surface area contributed by atoms with Gasteiger partial charge in [0.1, 0.15) is 11.2 Å². The lowest BCUT2D eigenvalue weighted by Crippen LogP contribution is -2.18. The first-order valence-corrected chi connectivity index (χ1v) is 20.0. The molecule has 2 aromatic heterocycles. The zero-order valence-corrected chi connectivity index (χ0v) is 32.4. The van der Waals surface area contributed by atoms with Crippen LogP contribution in [0.25, 0.3) is 65.8 Å². The van der Waals surface area contributed by atoms with Crippen molar-refractivity contribution in [2.45, 2.75) is 13.8 Å². The number of anilines is 6. The average Bonchev–Trinajstić information content (AvgIpc) is 3.86. The van der Waals surface area contributed by atoms with Crippen LogP contribution in [0.2, 0.25) is 0 Å². The highest BCUT2D eigenvalue weighted by atomic mass is 16.5. The summed E-state index contributed by atoms with van der Waals surface area (Å²) < 4.78 is 20.9. The molecule has 0 saturated heterocycles. The van der Waals surface area contributed by atoms with Gasteiger partial charge in [0.05, 0.1) is 33.8 Å². The van der Waals surface area contributed by atoms with E-state index in [4.69, 9.17) is 13.6 Å². The van der Waals surface area contributed by atoms with Crippen LogP contribution in [0.5, 0.6) is 11.5 Å². The summed E-state index contributed by atoms with van der Waals surface area (Å²) in [5, 5.41) is 6.29. The second kappa shape index (κ2) is 12.9. The first-order valence-electron chi connectivity index (χ1n) is 20.0. The monoisotopic (exact) mass is 760 g/mol. The Hall–Kier alpha value is -7.76. The number of furan rings is 2. The van der Waals surface area contributed by atoms with Crippen LogP contribution in [0.3, 0.4) is 0 Å². The zero-order chi connectivity index (χ0) is 39.2. The molecule has 0 aliphatic carbocycles. The Bertz CT molecular complexity index is 3480. The van der Waals surface area contributed by atoms with Gasteiger partial charge in [-0.05, 0) is 73.0 Å². The molecule has 0 amide bonds. The van der Waals surface area contributed by atoms with Crippen molar-refractivity contribution in [2.24, 2.45) is 0 Å². The molecule has 59 heavy (non-hydrogen) atoms. The Balaban J connectivity index is 1.24. The third-order valence-corrected chi connectivity index (χ3v) is 11.9. The van der Waals surface area contributed by atoms with Gasteiger partial charge in [-0.15, -0.1) is 0 Å². The first-order chi connectivity index (χ1) is 29.1. The van der Waals surface area contributed by atoms with Crippen molar-refractivity contribution >= 4 is 88.8 Å². The number of ether oxygens (including phenoxy) is 1.